The molecule has 1 aromatic rings. The first-order valence-corrected chi connectivity index (χ1v) is 6.32. The van der Waals surface area contributed by atoms with Gasteiger partial charge in [0, 0.05) is 18.8 Å². The molecule has 0 aliphatic carbocycles. The van der Waals surface area contributed by atoms with Gasteiger partial charge in [0.1, 0.15) is 0 Å². The van der Waals surface area contributed by atoms with Crippen LogP contribution in [-0.2, 0) is 0 Å². The van der Waals surface area contributed by atoms with Crippen LogP contribution < -0.4 is 5.73 Å². The van der Waals surface area contributed by atoms with Crippen LogP contribution >= 0.6 is 11.6 Å². The van der Waals surface area contributed by atoms with Crippen LogP contribution in [0.15, 0.2) is 18.2 Å². The van der Waals surface area contributed by atoms with Gasteiger partial charge < -0.3 is 10.6 Å². The summed E-state index contributed by atoms with van der Waals surface area (Å²) in [5.41, 5.74) is 6.68. The minimum absolute atomic E-state index is 0.0796. The van der Waals surface area contributed by atoms with Crippen molar-refractivity contribution in [1.29, 1.82) is 0 Å². The molecule has 0 aromatic heterocycles. The summed E-state index contributed by atoms with van der Waals surface area (Å²) in [6.07, 6.45) is 2.05. The second kappa shape index (κ2) is 6.50. The van der Waals surface area contributed by atoms with E-state index < -0.39 is 0 Å². The molecule has 1 rings (SSSR count). The number of carbonyl (C=O) groups is 1. The number of nitrogens with zero attached hydrogens (tertiary/aromatic N) is 1. The van der Waals surface area contributed by atoms with Crippen molar-refractivity contribution in [2.45, 2.75) is 26.7 Å². The minimum Gasteiger partial charge on any atom is -0.398 e. The van der Waals surface area contributed by atoms with Crippen LogP contribution in [-0.4, -0.2) is 23.9 Å². The summed E-state index contributed by atoms with van der Waals surface area (Å²) < 4.78 is 0. The number of nitrogens with two attached hydrogens (primary N) is 1. The molecule has 4 heteroatoms. The number of unbranched alkanes of at least 4 members (excludes halogenated alkanes) is 1. The third-order valence-corrected chi connectivity index (χ3v) is 3.03. The number of anilines is 1. The molecule has 3 nitrogen and oxygen atoms in total. The molecule has 1 amide bonds. The van der Waals surface area contributed by atoms with Gasteiger partial charge in [-0.25, -0.2) is 0 Å². The number of nitrogen functional groups attached to an aromatic ring is 1. The maximum absolute atomic E-state index is 12.3. The van der Waals surface area contributed by atoms with E-state index in [9.17, 15) is 4.79 Å². The lowest BCUT2D eigenvalue weighted by Gasteiger charge is -2.22. The van der Waals surface area contributed by atoms with Gasteiger partial charge in [-0.15, -0.1) is 0 Å². The Bertz CT molecular complexity index is 373. The second-order valence-electron chi connectivity index (χ2n) is 3.94. The largest absolute Gasteiger partial charge is 0.398 e. The summed E-state index contributed by atoms with van der Waals surface area (Å²) in [6, 6.07) is 5.14. The van der Waals surface area contributed by atoms with Crippen molar-refractivity contribution in [2.24, 2.45) is 0 Å². The molecule has 0 unspecified atom stereocenters. The zero-order chi connectivity index (χ0) is 12.8. The summed E-state index contributed by atoms with van der Waals surface area (Å²) in [5.74, 6) is -0.0796. The Morgan fingerprint density at radius 3 is 2.65 bits per heavy atom. The molecule has 0 aliphatic heterocycles. The highest BCUT2D eigenvalue weighted by Gasteiger charge is 2.19. The molecule has 0 saturated heterocycles. The Labute approximate surface area is 108 Å². The Morgan fingerprint density at radius 1 is 1.41 bits per heavy atom. The highest BCUT2D eigenvalue weighted by molar-refractivity contribution is 6.34. The van der Waals surface area contributed by atoms with E-state index in [4.69, 9.17) is 17.3 Å². The standard InChI is InChI=1S/C13H19ClN2O/c1-3-5-9-16(4-2)13(17)12-10(14)7-6-8-11(12)15/h6-8H,3-5,9,15H2,1-2H3. The van der Waals surface area contributed by atoms with Gasteiger partial charge in [-0.05, 0) is 25.5 Å². The number of hydrogen-bond acceptors (Lipinski definition) is 2. The van der Waals surface area contributed by atoms with Crippen molar-refractivity contribution in [2.75, 3.05) is 18.8 Å². The summed E-state index contributed by atoms with van der Waals surface area (Å²) >= 11 is 6.03. The maximum atomic E-state index is 12.3. The molecule has 1 aromatic carbocycles. The van der Waals surface area contributed by atoms with Gasteiger partial charge in [-0.1, -0.05) is 31.0 Å². The predicted molar refractivity (Wildman–Crippen MR) is 72.3 cm³/mol. The van der Waals surface area contributed by atoms with Crippen molar-refractivity contribution >= 4 is 23.2 Å². The lowest BCUT2D eigenvalue weighted by molar-refractivity contribution is 0.0763. The van der Waals surface area contributed by atoms with Crippen LogP contribution in [0.1, 0.15) is 37.0 Å². The molecule has 0 aliphatic rings. The minimum atomic E-state index is -0.0796. The summed E-state index contributed by atoms with van der Waals surface area (Å²) in [6.45, 7) is 5.47. The Hall–Kier alpha value is -1.22. The smallest absolute Gasteiger partial charge is 0.257 e. The fourth-order valence-electron chi connectivity index (χ4n) is 1.68. The normalized spacial score (nSPS) is 10.3. The second-order valence-corrected chi connectivity index (χ2v) is 4.35. The third kappa shape index (κ3) is 3.37. The zero-order valence-corrected chi connectivity index (χ0v) is 11.1. The van der Waals surface area contributed by atoms with Crippen molar-refractivity contribution in [1.82, 2.24) is 4.90 Å². The molecule has 0 saturated carbocycles. The highest BCUT2D eigenvalue weighted by Crippen LogP contribution is 2.23. The molecule has 0 heterocycles. The average molecular weight is 255 g/mol. The van der Waals surface area contributed by atoms with E-state index in [1.54, 1.807) is 23.1 Å². The fourth-order valence-corrected chi connectivity index (χ4v) is 1.94. The van der Waals surface area contributed by atoms with Crippen LogP contribution in [0.5, 0.6) is 0 Å². The van der Waals surface area contributed by atoms with E-state index in [1.165, 1.54) is 0 Å². The number of rotatable bonds is 5. The number of halogens is 1. The number of carbonyl (C=O) groups excluding carboxylic acids is 1. The van der Waals surface area contributed by atoms with Crippen molar-refractivity contribution in [3.8, 4) is 0 Å². The summed E-state index contributed by atoms with van der Waals surface area (Å²) in [7, 11) is 0. The number of amides is 1. The lowest BCUT2D eigenvalue weighted by atomic mass is 10.1. The van der Waals surface area contributed by atoms with Crippen LogP contribution in [0, 0.1) is 0 Å². The number of hydrogen-bond donors (Lipinski definition) is 1. The molecule has 94 valence electrons. The first kappa shape index (κ1) is 13.8. The Balaban J connectivity index is 2.93. The van der Waals surface area contributed by atoms with Gasteiger partial charge in [-0.2, -0.15) is 0 Å². The molecule has 0 bridgehead atoms. The summed E-state index contributed by atoms with van der Waals surface area (Å²) in [4.78, 5) is 14.1. The molecule has 0 atom stereocenters. The van der Waals surface area contributed by atoms with Gasteiger partial charge in [0.15, 0.2) is 0 Å². The topological polar surface area (TPSA) is 46.3 Å². The van der Waals surface area contributed by atoms with Gasteiger partial charge >= 0.3 is 0 Å². The molecule has 0 spiro atoms. The van der Waals surface area contributed by atoms with E-state index in [2.05, 4.69) is 6.92 Å². The predicted octanol–water partition coefficient (Wildman–Crippen LogP) is 3.18. The van der Waals surface area contributed by atoms with Crippen molar-refractivity contribution in [3.05, 3.63) is 28.8 Å². The van der Waals surface area contributed by atoms with E-state index in [0.29, 0.717) is 22.8 Å². The van der Waals surface area contributed by atoms with Crippen LogP contribution in [0.3, 0.4) is 0 Å². The summed E-state index contributed by atoms with van der Waals surface area (Å²) in [5, 5.41) is 0.421. The van der Waals surface area contributed by atoms with Crippen LogP contribution in [0.4, 0.5) is 5.69 Å². The molecule has 2 N–H and O–H groups in total. The van der Waals surface area contributed by atoms with Gasteiger partial charge in [0.05, 0.1) is 10.6 Å². The molecular formula is C13H19ClN2O. The highest BCUT2D eigenvalue weighted by atomic mass is 35.5. The Morgan fingerprint density at radius 2 is 2.12 bits per heavy atom. The monoisotopic (exact) mass is 254 g/mol. The van der Waals surface area contributed by atoms with E-state index in [1.807, 2.05) is 6.92 Å². The molecule has 0 fully saturated rings. The number of benzene rings is 1. The van der Waals surface area contributed by atoms with E-state index in [0.717, 1.165) is 19.4 Å². The quantitative estimate of drug-likeness (QED) is 0.821. The first-order chi connectivity index (χ1) is 8.11. The van der Waals surface area contributed by atoms with Crippen molar-refractivity contribution in [3.63, 3.8) is 0 Å². The third-order valence-electron chi connectivity index (χ3n) is 2.71. The van der Waals surface area contributed by atoms with Crippen LogP contribution in [0.2, 0.25) is 5.02 Å². The SMILES string of the molecule is CCCCN(CC)C(=O)c1c(N)cccc1Cl. The first-order valence-electron chi connectivity index (χ1n) is 5.95. The molecule has 17 heavy (non-hydrogen) atoms. The van der Waals surface area contributed by atoms with Gasteiger partial charge in [0.2, 0.25) is 0 Å². The van der Waals surface area contributed by atoms with Gasteiger partial charge in [0.25, 0.3) is 5.91 Å². The van der Waals surface area contributed by atoms with E-state index in [-0.39, 0.29) is 5.91 Å². The van der Waals surface area contributed by atoms with Crippen molar-refractivity contribution < 1.29 is 4.79 Å². The molecular weight excluding hydrogens is 236 g/mol. The molecule has 0 radical (unpaired) electrons. The lowest BCUT2D eigenvalue weighted by Crippen LogP contribution is -2.32. The van der Waals surface area contributed by atoms with E-state index >= 15 is 0 Å². The van der Waals surface area contributed by atoms with Crippen LogP contribution in [0.25, 0.3) is 0 Å². The zero-order valence-electron chi connectivity index (χ0n) is 10.4. The van der Waals surface area contributed by atoms with Gasteiger partial charge in [-0.3, -0.25) is 4.79 Å². The Kier molecular flexibility index (Phi) is 5.29. The maximum Gasteiger partial charge on any atom is 0.257 e. The average Bonchev–Trinajstić information content (AvgIpc) is 2.30. The fraction of sp³-hybridized carbons (Fsp3) is 0.462.